The van der Waals surface area contributed by atoms with Crippen molar-refractivity contribution in [3.05, 3.63) is 46.3 Å². The van der Waals surface area contributed by atoms with Crippen LogP contribution < -0.4 is 0 Å². The molecule has 0 aliphatic carbocycles. The summed E-state index contributed by atoms with van der Waals surface area (Å²) in [6.45, 7) is 0.501. The van der Waals surface area contributed by atoms with E-state index in [0.29, 0.717) is 5.56 Å². The maximum Gasteiger partial charge on any atom is 0.397 e. The van der Waals surface area contributed by atoms with Crippen LogP contribution in [0.4, 0.5) is 0 Å². The van der Waals surface area contributed by atoms with Crippen molar-refractivity contribution in [2.24, 2.45) is 11.0 Å². The normalized spacial score (nSPS) is 33.5. The second-order valence-corrected chi connectivity index (χ2v) is 9.25. The molecule has 2 aliphatic heterocycles. The first-order valence-corrected chi connectivity index (χ1v) is 12.0. The van der Waals surface area contributed by atoms with Gasteiger partial charge in [-0.05, 0) is 12.5 Å². The highest BCUT2D eigenvalue weighted by atomic mass is 32.3. The average molecular weight is 495 g/mol. The number of rotatable bonds is 8. The largest absolute Gasteiger partial charge is 0.397 e. The molecule has 0 amide bonds. The Morgan fingerprint density at radius 1 is 1.16 bits per heavy atom. The van der Waals surface area contributed by atoms with Gasteiger partial charge in [0.15, 0.2) is 6.29 Å². The van der Waals surface area contributed by atoms with Gasteiger partial charge in [-0.15, -0.1) is 0 Å². The van der Waals surface area contributed by atoms with E-state index in [2.05, 4.69) is 14.2 Å². The van der Waals surface area contributed by atoms with Gasteiger partial charge in [-0.2, -0.15) is 16.8 Å². The van der Waals surface area contributed by atoms with Gasteiger partial charge in [0.2, 0.25) is 0 Å². The molecule has 2 aliphatic rings. The zero-order valence-corrected chi connectivity index (χ0v) is 18.2. The molecule has 32 heavy (non-hydrogen) atoms. The molecule has 7 atom stereocenters. The zero-order valence-electron chi connectivity index (χ0n) is 16.6. The quantitative estimate of drug-likeness (QED) is 0.227. The molecule has 2 heterocycles. The third-order valence-corrected chi connectivity index (χ3v) is 5.91. The van der Waals surface area contributed by atoms with Crippen LogP contribution in [0.3, 0.4) is 0 Å². The molecule has 16 heteroatoms. The van der Waals surface area contributed by atoms with Crippen LogP contribution in [0.15, 0.2) is 35.4 Å². The second-order valence-electron chi connectivity index (χ2n) is 7.11. The van der Waals surface area contributed by atoms with Crippen molar-refractivity contribution in [1.82, 2.24) is 0 Å². The van der Waals surface area contributed by atoms with Crippen molar-refractivity contribution in [1.29, 1.82) is 0 Å². The van der Waals surface area contributed by atoms with Crippen LogP contribution in [-0.4, -0.2) is 69.6 Å². The Hall–Kier alpha value is -1.85. The topological polar surface area (TPSA) is 204 Å². The van der Waals surface area contributed by atoms with E-state index in [-0.39, 0.29) is 6.61 Å². The highest BCUT2D eigenvalue weighted by Crippen LogP contribution is 2.41. The lowest BCUT2D eigenvalue weighted by Crippen LogP contribution is -2.57. The lowest BCUT2D eigenvalue weighted by molar-refractivity contribution is -0.156. The number of azide groups is 1. The van der Waals surface area contributed by atoms with Gasteiger partial charge in [-0.3, -0.25) is 9.11 Å². The summed E-state index contributed by atoms with van der Waals surface area (Å²) in [5.74, 6) is -1.16. The minimum Gasteiger partial charge on any atom is -0.375 e. The van der Waals surface area contributed by atoms with E-state index in [1.54, 1.807) is 37.3 Å². The molecular formula is C16H21N3O11S2. The Balaban J connectivity index is 1.96. The number of nitrogens with zero attached hydrogens (tertiary/aromatic N) is 3. The van der Waals surface area contributed by atoms with E-state index in [0.717, 1.165) is 0 Å². The number of ether oxygens (including phenoxy) is 3. The third kappa shape index (κ3) is 6.35. The van der Waals surface area contributed by atoms with Crippen molar-refractivity contribution in [3.8, 4) is 0 Å². The molecule has 0 saturated carbocycles. The summed E-state index contributed by atoms with van der Waals surface area (Å²) in [6, 6.07) is 7.57. The molecule has 0 bridgehead atoms. The van der Waals surface area contributed by atoms with Crippen LogP contribution in [0.25, 0.3) is 10.4 Å². The Kier molecular flexibility index (Phi) is 7.72. The van der Waals surface area contributed by atoms with Gasteiger partial charge in [0.25, 0.3) is 0 Å². The second kappa shape index (κ2) is 9.96. The van der Waals surface area contributed by atoms with Crippen molar-refractivity contribution >= 4 is 20.8 Å². The van der Waals surface area contributed by atoms with Crippen LogP contribution in [0, 0.1) is 5.92 Å². The molecule has 2 N–H and O–H groups in total. The monoisotopic (exact) mass is 495 g/mol. The number of hydrogen-bond donors (Lipinski definition) is 2. The van der Waals surface area contributed by atoms with Crippen molar-refractivity contribution in [2.75, 3.05) is 13.2 Å². The van der Waals surface area contributed by atoms with Gasteiger partial charge >= 0.3 is 20.8 Å². The van der Waals surface area contributed by atoms with E-state index >= 15 is 0 Å². The van der Waals surface area contributed by atoms with Gasteiger partial charge in [-0.25, -0.2) is 8.37 Å². The Morgan fingerprint density at radius 2 is 1.84 bits per heavy atom. The molecule has 0 radical (unpaired) electrons. The summed E-state index contributed by atoms with van der Waals surface area (Å²) in [5, 5.41) is 3.47. The highest BCUT2D eigenvalue weighted by Gasteiger charge is 2.52. The van der Waals surface area contributed by atoms with Gasteiger partial charge < -0.3 is 14.2 Å². The van der Waals surface area contributed by atoms with Gasteiger partial charge in [0.1, 0.15) is 0 Å². The molecule has 0 aromatic heterocycles. The van der Waals surface area contributed by atoms with E-state index in [9.17, 15) is 21.4 Å². The SMILES string of the molecule is CC1OC(c2ccccc2)OC1[C@H]1C(COS(=O)(=O)O)OCC(N=[N+]=[N-])[C@H]1OS(=O)(=O)O. The minimum atomic E-state index is -5.03. The molecule has 3 rings (SSSR count). The van der Waals surface area contributed by atoms with Gasteiger partial charge in [0.05, 0.1) is 43.7 Å². The zero-order chi connectivity index (χ0) is 23.5. The van der Waals surface area contributed by atoms with Crippen molar-refractivity contribution in [2.45, 2.75) is 43.7 Å². The third-order valence-electron chi connectivity index (χ3n) is 5.02. The van der Waals surface area contributed by atoms with Crippen LogP contribution in [0.1, 0.15) is 18.8 Å². The molecule has 1 aromatic rings. The van der Waals surface area contributed by atoms with E-state index in [1.165, 1.54) is 0 Å². The Labute approximate surface area is 183 Å². The molecule has 14 nitrogen and oxygen atoms in total. The lowest BCUT2D eigenvalue weighted by Gasteiger charge is -2.42. The van der Waals surface area contributed by atoms with Gasteiger partial charge in [-0.1, -0.05) is 35.4 Å². The molecule has 178 valence electrons. The predicted molar refractivity (Wildman–Crippen MR) is 105 cm³/mol. The fourth-order valence-corrected chi connectivity index (χ4v) is 4.61. The van der Waals surface area contributed by atoms with Crippen molar-refractivity contribution < 1.29 is 48.5 Å². The maximum atomic E-state index is 11.5. The maximum absolute atomic E-state index is 11.5. The van der Waals surface area contributed by atoms with E-state index in [4.69, 9.17) is 28.5 Å². The summed E-state index contributed by atoms with van der Waals surface area (Å²) >= 11 is 0. The summed E-state index contributed by atoms with van der Waals surface area (Å²) in [5.41, 5.74) is 9.50. The Morgan fingerprint density at radius 3 is 2.44 bits per heavy atom. The first kappa shape index (κ1) is 24.8. The number of hydrogen-bond acceptors (Lipinski definition) is 10. The summed E-state index contributed by atoms with van der Waals surface area (Å²) in [6.07, 6.45) is -5.25. The molecule has 1 aromatic carbocycles. The molecule has 2 saturated heterocycles. The lowest BCUT2D eigenvalue weighted by atomic mass is 9.82. The van der Waals surface area contributed by atoms with E-state index < -0.39 is 70.1 Å². The van der Waals surface area contributed by atoms with Crippen LogP contribution in [0.2, 0.25) is 0 Å². The van der Waals surface area contributed by atoms with Crippen LogP contribution in [-0.2, 0) is 43.4 Å². The number of benzene rings is 1. The molecule has 5 unspecified atom stereocenters. The fourth-order valence-electron chi connectivity index (χ4n) is 3.77. The first-order chi connectivity index (χ1) is 15.0. The summed E-state index contributed by atoms with van der Waals surface area (Å²) in [7, 11) is -9.89. The highest BCUT2D eigenvalue weighted by molar-refractivity contribution is 7.81. The molecule has 2 fully saturated rings. The smallest absolute Gasteiger partial charge is 0.375 e. The van der Waals surface area contributed by atoms with Crippen LogP contribution in [0.5, 0.6) is 0 Å². The van der Waals surface area contributed by atoms with E-state index in [1.807, 2.05) is 0 Å². The average Bonchev–Trinajstić information content (AvgIpc) is 3.08. The fraction of sp³-hybridized carbons (Fsp3) is 0.625. The Bertz CT molecular complexity index is 1050. The van der Waals surface area contributed by atoms with Gasteiger partial charge in [0, 0.05) is 16.4 Å². The standard InChI is InChI=1S/C16H21N3O11S2/c1-9-14(29-16(28-9)10-5-3-2-4-6-10)13-12(8-27-31(20,21)22)26-7-11(18-19-17)15(13)30-32(23,24)25/h2-6,9,11-16H,7-8H2,1H3,(H,20,21,22)(H,23,24,25)/t9?,11?,12?,13-,14?,15-,16?/m1/s1. The predicted octanol–water partition coefficient (Wildman–Crippen LogP) is 1.19. The van der Waals surface area contributed by atoms with Crippen molar-refractivity contribution in [3.63, 3.8) is 0 Å². The summed E-state index contributed by atoms with van der Waals surface area (Å²) < 4.78 is 90.0. The minimum absolute atomic E-state index is 0.385. The van der Waals surface area contributed by atoms with Crippen LogP contribution >= 0.6 is 0 Å². The first-order valence-electron chi connectivity index (χ1n) is 9.27. The summed E-state index contributed by atoms with van der Waals surface area (Å²) in [4.78, 5) is 2.64. The molecular weight excluding hydrogens is 474 g/mol. The molecule has 0 spiro atoms.